The molecule has 0 spiro atoms. The molecule has 0 atom stereocenters. The van der Waals surface area contributed by atoms with E-state index in [4.69, 9.17) is 0 Å². The molecule has 0 N–H and O–H groups in total. The molecule has 0 unspecified atom stereocenters. The van der Waals surface area contributed by atoms with Crippen LogP contribution in [0.2, 0.25) is 4.44 Å². The Bertz CT molecular complexity index is 235. The number of thioether (sulfide) groups is 1. The maximum atomic E-state index is 4.48. The number of unbranched alkanes of at least 4 members (excludes halogenated alkanes) is 1. The standard InChI is InChI=1S/C6H6NS.C4H9.Sn/c1-8-6-3-2-4-7-5-6;1-3-4-2;/h2-3,5H,1H3;1,3-4H2,2H3;. The van der Waals surface area contributed by atoms with E-state index in [-0.39, 0.29) is 21.1 Å². The Balaban J connectivity index is 2.40. The first-order valence-electron chi connectivity index (χ1n) is 4.60. The second-order valence-corrected chi connectivity index (χ2v) is 7.64. The summed E-state index contributed by atoms with van der Waals surface area (Å²) in [7, 11) is 0. The van der Waals surface area contributed by atoms with Gasteiger partial charge in [-0.2, -0.15) is 0 Å². The Morgan fingerprint density at radius 1 is 1.46 bits per heavy atom. The molecule has 0 aliphatic heterocycles. The van der Waals surface area contributed by atoms with Crippen molar-refractivity contribution < 1.29 is 0 Å². The summed E-state index contributed by atoms with van der Waals surface area (Å²) in [6.45, 7) is 2.25. The molecule has 1 aromatic heterocycles. The van der Waals surface area contributed by atoms with E-state index in [1.165, 1.54) is 25.9 Å². The first-order chi connectivity index (χ1) is 6.36. The summed E-state index contributed by atoms with van der Waals surface area (Å²) in [6, 6.07) is 4.41. The predicted molar refractivity (Wildman–Crippen MR) is 61.1 cm³/mol. The summed E-state index contributed by atoms with van der Waals surface area (Å²) >= 11 is 1.43. The van der Waals surface area contributed by atoms with Gasteiger partial charge in [0.15, 0.2) is 0 Å². The van der Waals surface area contributed by atoms with Crippen LogP contribution in [0.5, 0.6) is 0 Å². The summed E-state index contributed by atoms with van der Waals surface area (Å²) in [6.07, 6.45) is 6.81. The van der Waals surface area contributed by atoms with Crippen LogP contribution in [0.3, 0.4) is 0 Å². The van der Waals surface area contributed by atoms with Crippen molar-refractivity contribution in [1.82, 2.24) is 4.98 Å². The van der Waals surface area contributed by atoms with Crippen molar-refractivity contribution in [2.24, 2.45) is 0 Å². The number of rotatable bonds is 5. The summed E-state index contributed by atoms with van der Waals surface area (Å²) < 4.78 is 2.83. The molecule has 0 bridgehead atoms. The van der Waals surface area contributed by atoms with Crippen LogP contribution in [0.1, 0.15) is 19.8 Å². The van der Waals surface area contributed by atoms with E-state index in [0.717, 1.165) is 0 Å². The van der Waals surface area contributed by atoms with Gasteiger partial charge in [-0.3, -0.25) is 0 Å². The fourth-order valence-corrected chi connectivity index (χ4v) is 4.62. The molecule has 70 valence electrons. The zero-order chi connectivity index (χ0) is 9.52. The first kappa shape index (κ1) is 11.4. The van der Waals surface area contributed by atoms with Crippen molar-refractivity contribution in [2.45, 2.75) is 29.1 Å². The topological polar surface area (TPSA) is 12.9 Å². The Kier molecular flexibility index (Phi) is 5.87. The fraction of sp³-hybridized carbons (Fsp3) is 0.500. The van der Waals surface area contributed by atoms with Crippen molar-refractivity contribution >= 4 is 36.6 Å². The summed E-state index contributed by atoms with van der Waals surface area (Å²) in [5.41, 5.74) is 0. The van der Waals surface area contributed by atoms with E-state index in [2.05, 4.69) is 30.3 Å². The predicted octanol–water partition coefficient (Wildman–Crippen LogP) is 2.35. The first-order valence-corrected chi connectivity index (χ1v) is 9.27. The van der Waals surface area contributed by atoms with Crippen molar-refractivity contribution in [3.05, 3.63) is 18.3 Å². The van der Waals surface area contributed by atoms with Gasteiger partial charge in [0.25, 0.3) is 0 Å². The molecule has 3 heteroatoms. The van der Waals surface area contributed by atoms with Gasteiger partial charge in [-0.1, -0.05) is 0 Å². The summed E-state index contributed by atoms with van der Waals surface area (Å²) in [5.74, 6) is 0. The normalized spacial score (nSPS) is 10.3. The maximum absolute atomic E-state index is 4.48. The van der Waals surface area contributed by atoms with Crippen LogP contribution in [-0.4, -0.2) is 32.4 Å². The minimum absolute atomic E-state index is 0.334. The molecule has 1 nitrogen and oxygen atoms in total. The van der Waals surface area contributed by atoms with Gasteiger partial charge >= 0.3 is 95.3 Å². The molecule has 1 aromatic rings. The molecular weight excluding hydrogens is 285 g/mol. The molecule has 1 rings (SSSR count). The Morgan fingerprint density at radius 3 is 2.85 bits per heavy atom. The minimum atomic E-state index is -0.334. The van der Waals surface area contributed by atoms with E-state index in [1.807, 2.05) is 6.20 Å². The molecular formula is C10H15NSSn. The third-order valence-electron chi connectivity index (χ3n) is 1.81. The number of nitrogens with zero attached hydrogens (tertiary/aromatic N) is 1. The molecule has 0 saturated heterocycles. The molecule has 0 aliphatic carbocycles. The van der Waals surface area contributed by atoms with Gasteiger partial charge in [0.05, 0.1) is 0 Å². The van der Waals surface area contributed by atoms with Crippen LogP contribution in [-0.2, 0) is 0 Å². The molecule has 0 aromatic carbocycles. The van der Waals surface area contributed by atoms with Crippen LogP contribution in [0.4, 0.5) is 0 Å². The second kappa shape index (κ2) is 6.71. The fourth-order valence-electron chi connectivity index (χ4n) is 0.999. The Morgan fingerprint density at radius 2 is 2.31 bits per heavy atom. The van der Waals surface area contributed by atoms with Gasteiger partial charge in [-0.25, -0.2) is 0 Å². The number of hydrogen-bond acceptors (Lipinski definition) is 2. The molecule has 0 fully saturated rings. The van der Waals surface area contributed by atoms with Crippen LogP contribution in [0, 0.1) is 0 Å². The monoisotopic (exact) mass is 301 g/mol. The summed E-state index contributed by atoms with van der Waals surface area (Å²) in [4.78, 5) is 5.75. The number of hydrogen-bond donors (Lipinski definition) is 0. The van der Waals surface area contributed by atoms with Gasteiger partial charge in [-0.15, -0.1) is 0 Å². The third-order valence-corrected chi connectivity index (χ3v) is 6.12. The SMILES string of the molecule is CCC[CH2][Sn][c]1ccc(SC)cn1. The van der Waals surface area contributed by atoms with Gasteiger partial charge in [0.2, 0.25) is 0 Å². The van der Waals surface area contributed by atoms with Gasteiger partial charge in [0, 0.05) is 0 Å². The van der Waals surface area contributed by atoms with E-state index >= 15 is 0 Å². The van der Waals surface area contributed by atoms with E-state index in [0.29, 0.717) is 0 Å². The quantitative estimate of drug-likeness (QED) is 0.470. The van der Waals surface area contributed by atoms with Gasteiger partial charge < -0.3 is 0 Å². The zero-order valence-electron chi connectivity index (χ0n) is 8.21. The van der Waals surface area contributed by atoms with Crippen LogP contribution in [0.15, 0.2) is 23.2 Å². The van der Waals surface area contributed by atoms with Crippen molar-refractivity contribution in [3.8, 4) is 0 Å². The molecule has 0 aliphatic rings. The number of pyridine rings is 1. The second-order valence-electron chi connectivity index (χ2n) is 2.86. The Hall–Kier alpha value is 0.299. The van der Waals surface area contributed by atoms with E-state index in [1.54, 1.807) is 11.8 Å². The zero-order valence-corrected chi connectivity index (χ0v) is 11.9. The average molecular weight is 300 g/mol. The molecule has 2 radical (unpaired) electrons. The van der Waals surface area contributed by atoms with Crippen molar-refractivity contribution in [2.75, 3.05) is 6.26 Å². The number of aromatic nitrogens is 1. The van der Waals surface area contributed by atoms with Crippen molar-refractivity contribution in [3.63, 3.8) is 0 Å². The molecule has 13 heavy (non-hydrogen) atoms. The summed E-state index contributed by atoms with van der Waals surface area (Å²) in [5, 5.41) is 0. The molecule has 1 heterocycles. The van der Waals surface area contributed by atoms with E-state index < -0.39 is 0 Å². The average Bonchev–Trinajstić information content (AvgIpc) is 2.19. The van der Waals surface area contributed by atoms with Gasteiger partial charge in [-0.05, 0) is 0 Å². The van der Waals surface area contributed by atoms with Crippen LogP contribution in [0.25, 0.3) is 0 Å². The van der Waals surface area contributed by atoms with E-state index in [9.17, 15) is 0 Å². The van der Waals surface area contributed by atoms with Gasteiger partial charge in [0.1, 0.15) is 0 Å². The molecule has 0 saturated carbocycles. The van der Waals surface area contributed by atoms with Crippen LogP contribution >= 0.6 is 11.8 Å². The van der Waals surface area contributed by atoms with Crippen LogP contribution < -0.4 is 3.71 Å². The van der Waals surface area contributed by atoms with Crippen molar-refractivity contribution in [1.29, 1.82) is 0 Å². The third kappa shape index (κ3) is 4.36. The molecule has 0 amide bonds. The Labute approximate surface area is 94.9 Å².